The summed E-state index contributed by atoms with van der Waals surface area (Å²) in [5.41, 5.74) is 1.97. The Labute approximate surface area is 164 Å². The van der Waals surface area contributed by atoms with Gasteiger partial charge in [-0.05, 0) is 23.8 Å². The summed E-state index contributed by atoms with van der Waals surface area (Å²) in [7, 11) is 1.65. The summed E-state index contributed by atoms with van der Waals surface area (Å²) in [5.74, 6) is -2.07. The van der Waals surface area contributed by atoms with Gasteiger partial charge in [0.15, 0.2) is 4.32 Å². The first-order valence-corrected chi connectivity index (χ1v) is 9.12. The van der Waals surface area contributed by atoms with Gasteiger partial charge in [0, 0.05) is 12.6 Å². The van der Waals surface area contributed by atoms with Crippen molar-refractivity contribution in [1.29, 1.82) is 0 Å². The van der Waals surface area contributed by atoms with Crippen molar-refractivity contribution in [2.24, 2.45) is 0 Å². The number of anilines is 2. The van der Waals surface area contributed by atoms with Crippen LogP contribution in [0.2, 0.25) is 0 Å². The van der Waals surface area contributed by atoms with Crippen LogP contribution in [-0.2, 0) is 9.59 Å². The lowest BCUT2D eigenvalue weighted by Gasteiger charge is -2.16. The van der Waals surface area contributed by atoms with Crippen LogP contribution >= 0.6 is 24.0 Å². The van der Waals surface area contributed by atoms with Gasteiger partial charge in [-0.2, -0.15) is 0 Å². The molecule has 27 heavy (non-hydrogen) atoms. The number of hydrogen-bond donors (Lipinski definition) is 0. The second-order valence-corrected chi connectivity index (χ2v) is 7.58. The molecule has 0 saturated carbocycles. The Kier molecular flexibility index (Phi) is 4.09. The van der Waals surface area contributed by atoms with Crippen molar-refractivity contribution >= 4 is 63.0 Å². The van der Waals surface area contributed by atoms with Crippen LogP contribution in [0.4, 0.5) is 11.4 Å². The molecule has 0 unspecified atom stereocenters. The summed E-state index contributed by atoms with van der Waals surface area (Å²) >= 11 is 6.37. The summed E-state index contributed by atoms with van der Waals surface area (Å²) in [5, 5.41) is 11.1. The zero-order valence-electron chi connectivity index (χ0n) is 14.0. The molecule has 2 aliphatic heterocycles. The van der Waals surface area contributed by atoms with E-state index in [1.165, 1.54) is 28.0 Å². The normalized spacial score (nSPS) is 19.1. The Morgan fingerprint density at radius 2 is 1.81 bits per heavy atom. The second kappa shape index (κ2) is 6.33. The molecule has 2 aromatic rings. The lowest BCUT2D eigenvalue weighted by atomic mass is 10.1. The molecule has 6 nitrogen and oxygen atoms in total. The number of carboxylic acids is 1. The fourth-order valence-electron chi connectivity index (χ4n) is 3.10. The summed E-state index contributed by atoms with van der Waals surface area (Å²) < 4.78 is 0.234. The van der Waals surface area contributed by atoms with Crippen LogP contribution in [0, 0.1) is 0 Å². The highest BCUT2D eigenvalue weighted by molar-refractivity contribution is 8.27. The van der Waals surface area contributed by atoms with Gasteiger partial charge in [0.2, 0.25) is 0 Å². The van der Waals surface area contributed by atoms with E-state index in [0.717, 1.165) is 17.4 Å². The molecule has 4 rings (SSSR count). The highest BCUT2D eigenvalue weighted by Crippen LogP contribution is 2.45. The molecule has 134 valence electrons. The smallest absolute Gasteiger partial charge is 0.271 e. The molecule has 0 spiro atoms. The summed E-state index contributed by atoms with van der Waals surface area (Å²) in [6.45, 7) is 0. The molecule has 0 N–H and O–H groups in total. The van der Waals surface area contributed by atoms with Crippen LogP contribution < -0.4 is 14.9 Å². The average Bonchev–Trinajstić information content (AvgIpc) is 3.08. The standard InChI is InChI=1S/C19H12N2O4S2/c1-20-13-8-3-2-7-12(13)14(16(20)22)15-17(23)21(19(26)27-15)11-6-4-5-10(9-11)18(24)25/h2-9H,1H3,(H,24,25)/p-1/b15-14+. The topological polar surface area (TPSA) is 80.8 Å². The van der Waals surface area contributed by atoms with E-state index in [1.54, 1.807) is 25.2 Å². The maximum Gasteiger partial charge on any atom is 0.271 e. The van der Waals surface area contributed by atoms with Gasteiger partial charge in [0.05, 0.1) is 27.8 Å². The van der Waals surface area contributed by atoms with Crippen molar-refractivity contribution in [3.8, 4) is 0 Å². The molecule has 2 heterocycles. The highest BCUT2D eigenvalue weighted by atomic mass is 32.2. The van der Waals surface area contributed by atoms with Gasteiger partial charge in [0.25, 0.3) is 11.8 Å². The molecule has 0 aromatic heterocycles. The molecule has 2 amide bonds. The van der Waals surface area contributed by atoms with Crippen molar-refractivity contribution in [2.45, 2.75) is 0 Å². The number of thioether (sulfide) groups is 1. The number of carbonyl (C=O) groups excluding carboxylic acids is 3. The number of nitrogens with zero attached hydrogens (tertiary/aromatic N) is 2. The first kappa shape index (κ1) is 17.4. The predicted octanol–water partition coefficient (Wildman–Crippen LogP) is 1.80. The van der Waals surface area contributed by atoms with Crippen LogP contribution in [0.15, 0.2) is 53.4 Å². The van der Waals surface area contributed by atoms with E-state index in [1.807, 2.05) is 12.1 Å². The molecule has 2 aromatic carbocycles. The van der Waals surface area contributed by atoms with Gasteiger partial charge in [-0.25, -0.2) is 0 Å². The van der Waals surface area contributed by atoms with E-state index in [-0.39, 0.29) is 20.7 Å². The Balaban J connectivity index is 1.83. The number of para-hydroxylation sites is 1. The maximum atomic E-state index is 13.1. The summed E-state index contributed by atoms with van der Waals surface area (Å²) in [4.78, 5) is 39.9. The zero-order chi connectivity index (χ0) is 19.3. The Morgan fingerprint density at radius 1 is 1.07 bits per heavy atom. The SMILES string of the molecule is CN1C(=O)/C(=C2/SC(=S)N(c3cccc(C(=O)[O-])c3)C2=O)c2ccccc21. The molecule has 1 saturated heterocycles. The molecular formula is C19H11N2O4S2-. The van der Waals surface area contributed by atoms with Crippen LogP contribution in [0.25, 0.3) is 5.57 Å². The molecule has 1 fully saturated rings. The van der Waals surface area contributed by atoms with Crippen molar-refractivity contribution in [3.05, 3.63) is 64.6 Å². The Morgan fingerprint density at radius 3 is 2.56 bits per heavy atom. The van der Waals surface area contributed by atoms with E-state index in [4.69, 9.17) is 12.2 Å². The van der Waals surface area contributed by atoms with E-state index < -0.39 is 11.9 Å². The van der Waals surface area contributed by atoms with E-state index in [2.05, 4.69) is 0 Å². The van der Waals surface area contributed by atoms with Crippen molar-refractivity contribution < 1.29 is 19.5 Å². The van der Waals surface area contributed by atoms with Crippen molar-refractivity contribution in [1.82, 2.24) is 0 Å². The van der Waals surface area contributed by atoms with Gasteiger partial charge in [-0.3, -0.25) is 14.5 Å². The number of likely N-dealkylation sites (N-methyl/N-ethyl adjacent to an activating group) is 1. The molecule has 0 radical (unpaired) electrons. The van der Waals surface area contributed by atoms with E-state index in [0.29, 0.717) is 16.8 Å². The number of carboxylic acid groups (broad SMARTS) is 1. The van der Waals surface area contributed by atoms with Gasteiger partial charge < -0.3 is 14.8 Å². The molecule has 0 bridgehead atoms. The number of hydrogen-bond acceptors (Lipinski definition) is 6. The minimum absolute atomic E-state index is 0.0591. The van der Waals surface area contributed by atoms with Gasteiger partial charge in [-0.1, -0.05) is 54.3 Å². The lowest BCUT2D eigenvalue weighted by Crippen LogP contribution is -2.29. The quantitative estimate of drug-likeness (QED) is 0.570. The van der Waals surface area contributed by atoms with E-state index >= 15 is 0 Å². The van der Waals surface area contributed by atoms with E-state index in [9.17, 15) is 19.5 Å². The monoisotopic (exact) mass is 395 g/mol. The molecule has 0 aliphatic carbocycles. The Hall–Kier alpha value is -2.97. The predicted molar refractivity (Wildman–Crippen MR) is 105 cm³/mol. The third-order valence-corrected chi connectivity index (χ3v) is 5.76. The minimum atomic E-state index is -1.35. The van der Waals surface area contributed by atoms with Crippen LogP contribution in [0.3, 0.4) is 0 Å². The second-order valence-electron chi connectivity index (χ2n) is 5.93. The van der Waals surface area contributed by atoms with Crippen LogP contribution in [0.1, 0.15) is 15.9 Å². The van der Waals surface area contributed by atoms with Gasteiger partial charge in [-0.15, -0.1) is 0 Å². The first-order chi connectivity index (χ1) is 12.9. The van der Waals surface area contributed by atoms with Crippen LogP contribution in [0.5, 0.6) is 0 Å². The van der Waals surface area contributed by atoms with Crippen molar-refractivity contribution in [2.75, 3.05) is 16.8 Å². The minimum Gasteiger partial charge on any atom is -0.545 e. The fraction of sp³-hybridized carbons (Fsp3) is 0.0526. The number of benzene rings is 2. The molecule has 2 aliphatic rings. The number of rotatable bonds is 2. The summed E-state index contributed by atoms with van der Waals surface area (Å²) in [6.07, 6.45) is 0. The maximum absolute atomic E-state index is 13.1. The number of amides is 2. The highest BCUT2D eigenvalue weighted by Gasteiger charge is 2.41. The number of carbonyl (C=O) groups is 3. The van der Waals surface area contributed by atoms with Crippen molar-refractivity contribution in [3.63, 3.8) is 0 Å². The third-order valence-electron chi connectivity index (χ3n) is 4.39. The van der Waals surface area contributed by atoms with Gasteiger partial charge in [0.1, 0.15) is 0 Å². The number of thiocarbonyl (C=S) groups is 1. The number of aromatic carboxylic acids is 1. The molecule has 8 heteroatoms. The molecular weight excluding hydrogens is 384 g/mol. The summed E-state index contributed by atoms with van der Waals surface area (Å²) in [6, 6.07) is 13.0. The fourth-order valence-corrected chi connectivity index (χ4v) is 4.47. The third kappa shape index (κ3) is 2.65. The number of fused-ring (bicyclic) bond motifs is 1. The molecule has 0 atom stereocenters. The first-order valence-electron chi connectivity index (χ1n) is 7.89. The zero-order valence-corrected chi connectivity index (χ0v) is 15.6. The van der Waals surface area contributed by atoms with Gasteiger partial charge >= 0.3 is 0 Å². The largest absolute Gasteiger partial charge is 0.545 e. The lowest BCUT2D eigenvalue weighted by molar-refractivity contribution is -0.255. The van der Waals surface area contributed by atoms with Crippen LogP contribution in [-0.4, -0.2) is 29.2 Å². The Bertz CT molecular complexity index is 1080. The average molecular weight is 395 g/mol.